The number of benzene rings is 1. The van der Waals surface area contributed by atoms with Crippen LogP contribution in [0.25, 0.3) is 0 Å². The van der Waals surface area contributed by atoms with Crippen LogP contribution in [0.3, 0.4) is 0 Å². The molecular weight excluding hydrogens is 342 g/mol. The van der Waals surface area contributed by atoms with Gasteiger partial charge in [-0.1, -0.05) is 31.0 Å². The first-order chi connectivity index (χ1) is 12.7. The van der Waals surface area contributed by atoms with Crippen LogP contribution in [0.15, 0.2) is 29.3 Å². The third kappa shape index (κ3) is 3.13. The second-order valence-corrected chi connectivity index (χ2v) is 9.27. The molecule has 2 aliphatic heterocycles. The Balaban J connectivity index is 1.54. The maximum absolute atomic E-state index is 5.59. The van der Waals surface area contributed by atoms with Crippen molar-refractivity contribution >= 4 is 23.4 Å². The molecule has 1 aromatic rings. The number of nitrogens with zero attached hydrogens (tertiary/aromatic N) is 2. The first kappa shape index (κ1) is 18.2. The van der Waals surface area contributed by atoms with Crippen LogP contribution >= 0.6 is 11.8 Å². The number of ether oxygens (including phenoxy) is 1. The van der Waals surface area contributed by atoms with Crippen molar-refractivity contribution in [1.29, 1.82) is 0 Å². The summed E-state index contributed by atoms with van der Waals surface area (Å²) in [6.07, 6.45) is 9.77. The highest BCUT2D eigenvalue weighted by molar-refractivity contribution is 8.00. The summed E-state index contributed by atoms with van der Waals surface area (Å²) < 4.78 is 5.85. The van der Waals surface area contributed by atoms with Gasteiger partial charge in [-0.25, -0.2) is 0 Å². The van der Waals surface area contributed by atoms with Crippen LogP contribution in [0.1, 0.15) is 44.1 Å². The fraction of sp³-hybridized carbons (Fsp3) is 0.667. The second-order valence-electron chi connectivity index (χ2n) is 7.99. The van der Waals surface area contributed by atoms with Gasteiger partial charge >= 0.3 is 0 Å². The largest absolute Gasteiger partial charge is 0.381 e. The van der Waals surface area contributed by atoms with Gasteiger partial charge in [0.25, 0.3) is 0 Å². The molecule has 1 saturated carbocycles. The molecule has 0 unspecified atom stereocenters. The van der Waals surface area contributed by atoms with Crippen molar-refractivity contribution < 1.29 is 4.74 Å². The number of fused-ring (bicyclic) bond motifs is 2. The molecule has 0 amide bonds. The van der Waals surface area contributed by atoms with E-state index < -0.39 is 0 Å². The average Bonchev–Trinajstić information content (AvgIpc) is 3.30. The summed E-state index contributed by atoms with van der Waals surface area (Å²) >= 11 is 1.98. The van der Waals surface area contributed by atoms with Gasteiger partial charge in [0, 0.05) is 49.2 Å². The number of rotatable bonds is 3. The van der Waals surface area contributed by atoms with Crippen LogP contribution in [0.4, 0.5) is 5.69 Å². The van der Waals surface area contributed by atoms with Gasteiger partial charge in [0.2, 0.25) is 0 Å². The van der Waals surface area contributed by atoms with Crippen LogP contribution < -0.4 is 10.2 Å². The Hall–Kier alpha value is -1.20. The molecule has 0 aromatic heterocycles. The molecule has 1 saturated heterocycles. The van der Waals surface area contributed by atoms with Crippen LogP contribution in [-0.2, 0) is 10.2 Å². The quantitative estimate of drug-likeness (QED) is 0.646. The van der Waals surface area contributed by atoms with Crippen LogP contribution in [-0.4, -0.2) is 50.3 Å². The summed E-state index contributed by atoms with van der Waals surface area (Å²) in [6, 6.07) is 8.97. The number of thioether (sulfide) groups is 1. The number of hydrogen-bond donors (Lipinski definition) is 1. The van der Waals surface area contributed by atoms with E-state index in [-0.39, 0.29) is 4.75 Å². The molecule has 1 aliphatic carbocycles. The Morgan fingerprint density at radius 2 is 1.92 bits per heavy atom. The monoisotopic (exact) mass is 373 g/mol. The second kappa shape index (κ2) is 7.43. The predicted molar refractivity (Wildman–Crippen MR) is 112 cm³/mol. The minimum atomic E-state index is 0.262. The van der Waals surface area contributed by atoms with Crippen molar-refractivity contribution in [2.45, 2.75) is 48.7 Å². The Bertz CT molecular complexity index is 663. The van der Waals surface area contributed by atoms with E-state index in [9.17, 15) is 0 Å². The summed E-state index contributed by atoms with van der Waals surface area (Å²) in [5, 5.41) is 3.72. The van der Waals surface area contributed by atoms with Crippen LogP contribution in [0, 0.1) is 0 Å². The standard InChI is InChI=1S/C21H31N3OS/c1-22-19(23-15-21(26-2)11-13-25-14-12-21)24-16-20(9-5-6-10-20)17-7-3-4-8-18(17)24/h3-4,7-8H,5-6,9-16H2,1-2H3,(H,22,23). The van der Waals surface area contributed by atoms with Crippen molar-refractivity contribution in [2.75, 3.05) is 44.5 Å². The van der Waals surface area contributed by atoms with Crippen LogP contribution in [0.5, 0.6) is 0 Å². The van der Waals surface area contributed by atoms with E-state index in [2.05, 4.69) is 45.7 Å². The molecule has 1 spiro atoms. The predicted octanol–water partition coefficient (Wildman–Crippen LogP) is 3.81. The molecule has 1 N–H and O–H groups in total. The highest BCUT2D eigenvalue weighted by Gasteiger charge is 2.45. The molecule has 142 valence electrons. The SMILES string of the molecule is CN=C(NCC1(SC)CCOCC1)N1CC2(CCCC2)c2ccccc21. The normalized spacial score (nSPS) is 24.1. The smallest absolute Gasteiger partial charge is 0.198 e. The molecular formula is C21H31N3OS. The lowest BCUT2D eigenvalue weighted by Gasteiger charge is -2.37. The third-order valence-corrected chi connectivity index (χ3v) is 8.08. The fourth-order valence-electron chi connectivity index (χ4n) is 5.03. The van der Waals surface area contributed by atoms with E-state index in [1.165, 1.54) is 36.9 Å². The first-order valence-electron chi connectivity index (χ1n) is 9.93. The zero-order chi connectivity index (χ0) is 18.0. The Morgan fingerprint density at radius 1 is 1.19 bits per heavy atom. The highest BCUT2D eigenvalue weighted by atomic mass is 32.2. The van der Waals surface area contributed by atoms with Crippen molar-refractivity contribution in [2.24, 2.45) is 4.99 Å². The van der Waals surface area contributed by atoms with Crippen LogP contribution in [0.2, 0.25) is 0 Å². The molecule has 1 aromatic carbocycles. The van der Waals surface area contributed by atoms with E-state index in [1.807, 2.05) is 18.8 Å². The van der Waals surface area contributed by atoms with Crippen molar-refractivity contribution in [3.8, 4) is 0 Å². The Kier molecular flexibility index (Phi) is 5.20. The Morgan fingerprint density at radius 3 is 2.62 bits per heavy atom. The first-order valence-corrected chi connectivity index (χ1v) is 11.2. The summed E-state index contributed by atoms with van der Waals surface area (Å²) in [4.78, 5) is 7.10. The van der Waals surface area contributed by atoms with Gasteiger partial charge in [-0.05, 0) is 43.6 Å². The average molecular weight is 374 g/mol. The van der Waals surface area contributed by atoms with Gasteiger partial charge < -0.3 is 15.0 Å². The zero-order valence-corrected chi connectivity index (χ0v) is 16.9. The number of guanidine groups is 1. The van der Waals surface area contributed by atoms with E-state index in [1.54, 1.807) is 0 Å². The molecule has 4 rings (SSSR count). The van der Waals surface area contributed by atoms with Gasteiger partial charge in [-0.3, -0.25) is 4.99 Å². The molecule has 0 bridgehead atoms. The molecule has 2 fully saturated rings. The van der Waals surface area contributed by atoms with E-state index in [0.29, 0.717) is 5.41 Å². The molecule has 3 aliphatic rings. The summed E-state index contributed by atoms with van der Waals surface area (Å²) in [6.45, 7) is 3.77. The van der Waals surface area contributed by atoms with Crippen molar-refractivity contribution in [3.05, 3.63) is 29.8 Å². The lowest BCUT2D eigenvalue weighted by molar-refractivity contribution is 0.0783. The fourth-order valence-corrected chi connectivity index (χ4v) is 5.82. The maximum Gasteiger partial charge on any atom is 0.198 e. The number of para-hydroxylation sites is 1. The number of aliphatic imine (C=N–C) groups is 1. The van der Waals surface area contributed by atoms with Gasteiger partial charge in [0.05, 0.1) is 0 Å². The molecule has 2 heterocycles. The zero-order valence-electron chi connectivity index (χ0n) is 16.1. The van der Waals surface area contributed by atoms with Gasteiger partial charge in [0.15, 0.2) is 5.96 Å². The molecule has 4 nitrogen and oxygen atoms in total. The van der Waals surface area contributed by atoms with Gasteiger partial charge in [0.1, 0.15) is 0 Å². The minimum absolute atomic E-state index is 0.262. The maximum atomic E-state index is 5.59. The van der Waals surface area contributed by atoms with Crippen molar-refractivity contribution in [1.82, 2.24) is 5.32 Å². The van der Waals surface area contributed by atoms with E-state index >= 15 is 0 Å². The summed E-state index contributed by atoms with van der Waals surface area (Å²) in [5.41, 5.74) is 3.23. The summed E-state index contributed by atoms with van der Waals surface area (Å²) in [7, 11) is 1.92. The number of anilines is 1. The van der Waals surface area contributed by atoms with Gasteiger partial charge in [-0.2, -0.15) is 11.8 Å². The van der Waals surface area contributed by atoms with E-state index in [0.717, 1.165) is 45.1 Å². The number of hydrogen-bond acceptors (Lipinski definition) is 3. The molecule has 26 heavy (non-hydrogen) atoms. The number of nitrogens with one attached hydrogen (secondary N) is 1. The highest BCUT2D eigenvalue weighted by Crippen LogP contribution is 2.50. The van der Waals surface area contributed by atoms with Crippen molar-refractivity contribution in [3.63, 3.8) is 0 Å². The van der Waals surface area contributed by atoms with Gasteiger partial charge in [-0.15, -0.1) is 0 Å². The molecule has 0 radical (unpaired) electrons. The lowest BCUT2D eigenvalue weighted by atomic mass is 9.81. The Labute approximate surface area is 161 Å². The topological polar surface area (TPSA) is 36.9 Å². The molecule has 0 atom stereocenters. The summed E-state index contributed by atoms with van der Waals surface area (Å²) in [5.74, 6) is 1.03. The lowest BCUT2D eigenvalue weighted by Crippen LogP contribution is -2.50. The minimum Gasteiger partial charge on any atom is -0.381 e. The third-order valence-electron chi connectivity index (χ3n) is 6.66. The van der Waals surface area contributed by atoms with E-state index in [4.69, 9.17) is 4.74 Å². The molecule has 5 heteroatoms.